The van der Waals surface area contributed by atoms with Crippen LogP contribution in [0.4, 0.5) is 17.6 Å². The zero-order valence-electron chi connectivity index (χ0n) is 16.8. The molecule has 0 fully saturated rings. The SMILES string of the molecule is Fc1cc(-c2cnc(Oc3ccccc3)nc2)ccc1-c1nc2ccc(C(F)(F)F)cc2[nH]1. The van der Waals surface area contributed by atoms with Crippen molar-refractivity contribution in [2.45, 2.75) is 6.18 Å². The fraction of sp³-hybridized carbons (Fsp3) is 0.0417. The number of halogens is 4. The van der Waals surface area contributed by atoms with E-state index in [1.807, 2.05) is 18.2 Å². The molecule has 0 unspecified atom stereocenters. The predicted molar refractivity (Wildman–Crippen MR) is 114 cm³/mol. The largest absolute Gasteiger partial charge is 0.424 e. The molecule has 5 nitrogen and oxygen atoms in total. The fourth-order valence-electron chi connectivity index (χ4n) is 3.31. The molecule has 0 amide bonds. The summed E-state index contributed by atoms with van der Waals surface area (Å²) < 4.78 is 59.2. The highest BCUT2D eigenvalue weighted by atomic mass is 19.4. The van der Waals surface area contributed by atoms with Crippen LogP contribution in [-0.4, -0.2) is 19.9 Å². The standard InChI is InChI=1S/C24H14F4N4O/c25-19-10-14(15-12-29-23(30-13-15)33-17-4-2-1-3-5-17)6-8-18(19)22-31-20-9-7-16(24(26,27)28)11-21(20)32-22/h1-13H,(H,31,32). The van der Waals surface area contributed by atoms with E-state index in [0.717, 1.165) is 12.1 Å². The van der Waals surface area contributed by atoms with Gasteiger partial charge in [0.2, 0.25) is 0 Å². The maximum atomic E-state index is 14.9. The van der Waals surface area contributed by atoms with Crippen molar-refractivity contribution >= 4 is 11.0 Å². The van der Waals surface area contributed by atoms with E-state index in [-0.39, 0.29) is 22.9 Å². The molecule has 5 aromatic rings. The average Bonchev–Trinajstić information content (AvgIpc) is 3.23. The van der Waals surface area contributed by atoms with Crippen molar-refractivity contribution in [1.82, 2.24) is 19.9 Å². The van der Waals surface area contributed by atoms with Crippen LogP contribution in [0.1, 0.15) is 5.56 Å². The van der Waals surface area contributed by atoms with Crippen molar-refractivity contribution in [3.05, 3.63) is 90.5 Å². The molecule has 0 bridgehead atoms. The summed E-state index contributed by atoms with van der Waals surface area (Å²) in [6.07, 6.45) is -1.45. The highest BCUT2D eigenvalue weighted by Crippen LogP contribution is 2.33. The minimum atomic E-state index is -4.48. The van der Waals surface area contributed by atoms with Crippen molar-refractivity contribution < 1.29 is 22.3 Å². The monoisotopic (exact) mass is 450 g/mol. The van der Waals surface area contributed by atoms with Crippen molar-refractivity contribution in [3.8, 4) is 34.3 Å². The Bertz CT molecular complexity index is 1430. The smallest absolute Gasteiger partial charge is 0.416 e. The second kappa shape index (κ2) is 8.01. The fourth-order valence-corrected chi connectivity index (χ4v) is 3.31. The molecule has 0 spiro atoms. The zero-order valence-corrected chi connectivity index (χ0v) is 16.8. The molecular weight excluding hydrogens is 436 g/mol. The molecule has 0 radical (unpaired) electrons. The Morgan fingerprint density at radius 1 is 0.818 bits per heavy atom. The van der Waals surface area contributed by atoms with Crippen LogP contribution >= 0.6 is 0 Å². The van der Waals surface area contributed by atoms with Crippen LogP contribution in [0.2, 0.25) is 0 Å². The van der Waals surface area contributed by atoms with Crippen LogP contribution in [0.3, 0.4) is 0 Å². The molecule has 33 heavy (non-hydrogen) atoms. The molecule has 2 aromatic heterocycles. The first-order valence-corrected chi connectivity index (χ1v) is 9.79. The number of para-hydroxylation sites is 1. The third-order valence-electron chi connectivity index (χ3n) is 4.95. The normalized spacial score (nSPS) is 11.6. The summed E-state index contributed by atoms with van der Waals surface area (Å²) in [7, 11) is 0. The van der Waals surface area contributed by atoms with Gasteiger partial charge in [-0.15, -0.1) is 0 Å². The Morgan fingerprint density at radius 3 is 2.27 bits per heavy atom. The third-order valence-corrected chi connectivity index (χ3v) is 4.95. The second-order valence-corrected chi connectivity index (χ2v) is 7.18. The van der Waals surface area contributed by atoms with E-state index in [2.05, 4.69) is 19.9 Å². The van der Waals surface area contributed by atoms with E-state index >= 15 is 0 Å². The first-order chi connectivity index (χ1) is 15.9. The summed E-state index contributed by atoms with van der Waals surface area (Å²) in [5.74, 6) is 0.136. The van der Waals surface area contributed by atoms with Gasteiger partial charge in [0.1, 0.15) is 17.4 Å². The third kappa shape index (κ3) is 4.25. The molecule has 0 aliphatic carbocycles. The van der Waals surface area contributed by atoms with Crippen LogP contribution in [0.15, 0.2) is 79.1 Å². The number of nitrogens with zero attached hydrogens (tertiary/aromatic N) is 3. The molecular formula is C24H14F4N4O. The number of H-pyrrole nitrogens is 1. The predicted octanol–water partition coefficient (Wildman–Crippen LogP) is 6.64. The number of hydrogen-bond acceptors (Lipinski definition) is 4. The lowest BCUT2D eigenvalue weighted by Gasteiger charge is -2.06. The summed E-state index contributed by atoms with van der Waals surface area (Å²) in [6, 6.07) is 16.8. The Kier molecular flexibility index (Phi) is 5.01. The summed E-state index contributed by atoms with van der Waals surface area (Å²) in [5.41, 5.74) is 0.905. The number of imidazole rings is 1. The van der Waals surface area contributed by atoms with E-state index < -0.39 is 17.6 Å². The highest BCUT2D eigenvalue weighted by molar-refractivity contribution is 5.80. The number of aromatic nitrogens is 4. The van der Waals surface area contributed by atoms with Gasteiger partial charge in [-0.1, -0.05) is 24.3 Å². The Morgan fingerprint density at radius 2 is 1.58 bits per heavy atom. The van der Waals surface area contributed by atoms with E-state index in [9.17, 15) is 17.6 Å². The number of alkyl halides is 3. The lowest BCUT2D eigenvalue weighted by Crippen LogP contribution is -2.04. The van der Waals surface area contributed by atoms with Gasteiger partial charge in [-0.2, -0.15) is 13.2 Å². The van der Waals surface area contributed by atoms with Crippen LogP contribution in [0, 0.1) is 5.82 Å². The first kappa shape index (κ1) is 20.6. The van der Waals surface area contributed by atoms with Gasteiger partial charge < -0.3 is 9.72 Å². The summed E-state index contributed by atoms with van der Waals surface area (Å²) >= 11 is 0. The molecule has 5 rings (SSSR count). The van der Waals surface area contributed by atoms with Crippen LogP contribution in [0.5, 0.6) is 11.8 Å². The summed E-state index contributed by atoms with van der Waals surface area (Å²) in [6.45, 7) is 0. The lowest BCUT2D eigenvalue weighted by molar-refractivity contribution is -0.137. The first-order valence-electron chi connectivity index (χ1n) is 9.79. The molecule has 164 valence electrons. The molecule has 0 saturated carbocycles. The lowest BCUT2D eigenvalue weighted by atomic mass is 10.1. The van der Waals surface area contributed by atoms with Crippen molar-refractivity contribution in [1.29, 1.82) is 0 Å². The molecule has 0 atom stereocenters. The summed E-state index contributed by atoms with van der Waals surface area (Å²) in [4.78, 5) is 15.3. The Hall–Kier alpha value is -4.27. The maximum Gasteiger partial charge on any atom is 0.416 e. The minimum Gasteiger partial charge on any atom is -0.424 e. The minimum absolute atomic E-state index is 0.133. The molecule has 1 N–H and O–H groups in total. The quantitative estimate of drug-likeness (QED) is 0.312. The maximum absolute atomic E-state index is 14.9. The number of benzene rings is 3. The van der Waals surface area contributed by atoms with Crippen LogP contribution in [-0.2, 0) is 6.18 Å². The zero-order chi connectivity index (χ0) is 23.0. The van der Waals surface area contributed by atoms with E-state index in [1.54, 1.807) is 18.2 Å². The molecule has 0 aliphatic rings. The van der Waals surface area contributed by atoms with Crippen LogP contribution in [0.25, 0.3) is 33.5 Å². The van der Waals surface area contributed by atoms with Gasteiger partial charge >= 0.3 is 12.2 Å². The van der Waals surface area contributed by atoms with Crippen molar-refractivity contribution in [3.63, 3.8) is 0 Å². The van der Waals surface area contributed by atoms with E-state index in [4.69, 9.17) is 4.74 Å². The Balaban J connectivity index is 1.40. The van der Waals surface area contributed by atoms with Gasteiger partial charge in [0, 0.05) is 18.0 Å². The number of fused-ring (bicyclic) bond motifs is 1. The van der Waals surface area contributed by atoms with Gasteiger partial charge in [0.05, 0.1) is 22.2 Å². The van der Waals surface area contributed by atoms with Gasteiger partial charge in [0.15, 0.2) is 0 Å². The van der Waals surface area contributed by atoms with Gasteiger partial charge in [0.25, 0.3) is 0 Å². The number of rotatable bonds is 4. The number of ether oxygens (including phenoxy) is 1. The molecule has 0 aliphatic heterocycles. The molecule has 3 aromatic carbocycles. The number of aromatic amines is 1. The second-order valence-electron chi connectivity index (χ2n) is 7.18. The number of nitrogens with one attached hydrogen (secondary N) is 1. The molecule has 0 saturated heterocycles. The van der Waals surface area contributed by atoms with Gasteiger partial charge in [-0.25, -0.2) is 19.3 Å². The Labute approximate surface area is 184 Å². The topological polar surface area (TPSA) is 63.7 Å². The van der Waals surface area contributed by atoms with E-state index in [1.165, 1.54) is 30.6 Å². The van der Waals surface area contributed by atoms with Gasteiger partial charge in [-0.3, -0.25) is 0 Å². The molecule has 2 heterocycles. The van der Waals surface area contributed by atoms with Crippen molar-refractivity contribution in [2.24, 2.45) is 0 Å². The van der Waals surface area contributed by atoms with Gasteiger partial charge in [-0.05, 0) is 48.0 Å². The summed E-state index contributed by atoms with van der Waals surface area (Å²) in [5, 5.41) is 0. The average molecular weight is 450 g/mol. The molecule has 9 heteroatoms. The van der Waals surface area contributed by atoms with Crippen molar-refractivity contribution in [2.75, 3.05) is 0 Å². The number of hydrogen-bond donors (Lipinski definition) is 1. The van der Waals surface area contributed by atoms with Crippen LogP contribution < -0.4 is 4.74 Å². The van der Waals surface area contributed by atoms with E-state index in [0.29, 0.717) is 22.4 Å². The highest BCUT2D eigenvalue weighted by Gasteiger charge is 2.30.